The smallest absolute Gasteiger partial charge is 0.241 e. The van der Waals surface area contributed by atoms with Crippen LogP contribution in [-0.2, 0) is 4.79 Å². The molecule has 2 unspecified atom stereocenters. The van der Waals surface area contributed by atoms with Crippen LogP contribution in [-0.4, -0.2) is 43.5 Å². The van der Waals surface area contributed by atoms with Crippen LogP contribution < -0.4 is 10.6 Å². The first-order valence-electron chi connectivity index (χ1n) is 7.43. The van der Waals surface area contributed by atoms with Crippen molar-refractivity contribution in [2.45, 2.75) is 25.8 Å². The summed E-state index contributed by atoms with van der Waals surface area (Å²) in [5, 5.41) is 6.28. The Morgan fingerprint density at radius 3 is 2.85 bits per heavy atom. The Balaban J connectivity index is 1.74. The van der Waals surface area contributed by atoms with Crippen molar-refractivity contribution >= 4 is 11.6 Å². The predicted octanol–water partition coefficient (Wildman–Crippen LogP) is 1.94. The molecule has 1 amide bonds. The van der Waals surface area contributed by atoms with Gasteiger partial charge in [-0.3, -0.25) is 4.79 Å². The number of amides is 1. The lowest BCUT2D eigenvalue weighted by Crippen LogP contribution is -2.43. The molecule has 4 nitrogen and oxygen atoms in total. The molecule has 1 heterocycles. The molecule has 1 aromatic rings. The maximum Gasteiger partial charge on any atom is 0.241 e. The Morgan fingerprint density at radius 2 is 2.15 bits per heavy atom. The first kappa shape index (κ1) is 15.0. The summed E-state index contributed by atoms with van der Waals surface area (Å²) < 4.78 is 0. The molecule has 0 spiro atoms. The lowest BCUT2D eigenvalue weighted by molar-refractivity contribution is -0.117. The molecule has 20 heavy (non-hydrogen) atoms. The Labute approximate surface area is 121 Å². The summed E-state index contributed by atoms with van der Waals surface area (Å²) in [4.78, 5) is 14.4. The Morgan fingerprint density at radius 1 is 1.40 bits per heavy atom. The number of carbonyl (C=O) groups excluding carboxylic acids is 1. The van der Waals surface area contributed by atoms with Crippen LogP contribution in [0, 0.1) is 5.92 Å². The number of rotatable bonds is 5. The number of hydrogen-bond acceptors (Lipinski definition) is 3. The molecule has 0 aliphatic carbocycles. The van der Waals surface area contributed by atoms with Gasteiger partial charge >= 0.3 is 0 Å². The molecule has 2 rings (SSSR count). The van der Waals surface area contributed by atoms with Gasteiger partial charge in [-0.2, -0.15) is 0 Å². The van der Waals surface area contributed by atoms with E-state index in [2.05, 4.69) is 22.6 Å². The van der Waals surface area contributed by atoms with Gasteiger partial charge in [0.05, 0.1) is 6.04 Å². The van der Waals surface area contributed by atoms with Crippen LogP contribution in [0.2, 0.25) is 0 Å². The molecule has 0 radical (unpaired) electrons. The van der Waals surface area contributed by atoms with Gasteiger partial charge in [0.15, 0.2) is 0 Å². The van der Waals surface area contributed by atoms with Crippen LogP contribution >= 0.6 is 0 Å². The summed E-state index contributed by atoms with van der Waals surface area (Å²) in [6, 6.07) is 9.43. The molecule has 2 atom stereocenters. The van der Waals surface area contributed by atoms with Gasteiger partial charge in [-0.15, -0.1) is 0 Å². The molecule has 0 aromatic heterocycles. The highest BCUT2D eigenvalue weighted by Gasteiger charge is 2.19. The minimum atomic E-state index is -0.164. The summed E-state index contributed by atoms with van der Waals surface area (Å²) >= 11 is 0. The summed E-state index contributed by atoms with van der Waals surface area (Å²) in [7, 11) is 2.16. The van der Waals surface area contributed by atoms with Crippen molar-refractivity contribution in [2.24, 2.45) is 5.92 Å². The first-order valence-corrected chi connectivity index (χ1v) is 7.43. The lowest BCUT2D eigenvalue weighted by Gasteiger charge is -2.30. The topological polar surface area (TPSA) is 44.4 Å². The van der Waals surface area contributed by atoms with Gasteiger partial charge in [-0.1, -0.05) is 18.2 Å². The van der Waals surface area contributed by atoms with Crippen molar-refractivity contribution < 1.29 is 4.79 Å². The van der Waals surface area contributed by atoms with Crippen molar-refractivity contribution in [1.29, 1.82) is 0 Å². The Hall–Kier alpha value is -1.39. The zero-order chi connectivity index (χ0) is 14.4. The molecule has 1 aromatic carbocycles. The Kier molecular flexibility index (Phi) is 5.56. The van der Waals surface area contributed by atoms with Crippen molar-refractivity contribution in [3.63, 3.8) is 0 Å². The van der Waals surface area contributed by atoms with Gasteiger partial charge in [0.25, 0.3) is 0 Å². The predicted molar refractivity (Wildman–Crippen MR) is 82.8 cm³/mol. The molecule has 0 bridgehead atoms. The quantitative estimate of drug-likeness (QED) is 0.863. The number of piperidine rings is 1. The van der Waals surface area contributed by atoms with E-state index in [1.54, 1.807) is 0 Å². The number of likely N-dealkylation sites (tertiary alicyclic amines) is 1. The van der Waals surface area contributed by atoms with Crippen molar-refractivity contribution in [1.82, 2.24) is 10.2 Å². The fraction of sp³-hybridized carbons (Fsp3) is 0.562. The zero-order valence-corrected chi connectivity index (χ0v) is 12.4. The van der Waals surface area contributed by atoms with Crippen molar-refractivity contribution in [3.8, 4) is 0 Å². The third-order valence-electron chi connectivity index (χ3n) is 3.87. The van der Waals surface area contributed by atoms with Gasteiger partial charge < -0.3 is 15.5 Å². The van der Waals surface area contributed by atoms with Crippen LogP contribution in [0.5, 0.6) is 0 Å². The third kappa shape index (κ3) is 4.62. The van der Waals surface area contributed by atoms with Gasteiger partial charge in [0.1, 0.15) is 0 Å². The molecule has 1 aliphatic heterocycles. The van der Waals surface area contributed by atoms with Crippen LogP contribution in [0.25, 0.3) is 0 Å². The van der Waals surface area contributed by atoms with Crippen LogP contribution in [0.1, 0.15) is 19.8 Å². The van der Waals surface area contributed by atoms with Gasteiger partial charge in [0.2, 0.25) is 5.91 Å². The summed E-state index contributed by atoms with van der Waals surface area (Å²) in [5.74, 6) is 0.682. The summed E-state index contributed by atoms with van der Waals surface area (Å²) in [6.45, 7) is 5.15. The molecule has 1 saturated heterocycles. The standard InChI is InChI=1S/C16H25N3O/c1-13(16(20)18-15-8-4-3-5-9-15)17-11-14-7-6-10-19(2)12-14/h3-5,8-9,13-14,17H,6-7,10-12H2,1-2H3,(H,18,20). The molecule has 2 N–H and O–H groups in total. The van der Waals surface area contributed by atoms with Crippen molar-refractivity contribution in [3.05, 3.63) is 30.3 Å². The minimum absolute atomic E-state index is 0.0281. The SMILES string of the molecule is CC(NCC1CCCN(C)C1)C(=O)Nc1ccccc1. The van der Waals surface area contributed by atoms with E-state index < -0.39 is 0 Å². The Bertz CT molecular complexity index is 421. The monoisotopic (exact) mass is 275 g/mol. The highest BCUT2D eigenvalue weighted by Crippen LogP contribution is 2.14. The molecule has 4 heteroatoms. The average Bonchev–Trinajstić information content (AvgIpc) is 2.46. The molecule has 0 saturated carbocycles. The molecular formula is C16H25N3O. The molecule has 1 fully saturated rings. The fourth-order valence-corrected chi connectivity index (χ4v) is 2.65. The highest BCUT2D eigenvalue weighted by atomic mass is 16.2. The number of benzene rings is 1. The number of anilines is 1. The second-order valence-electron chi connectivity index (χ2n) is 5.76. The molecular weight excluding hydrogens is 250 g/mol. The average molecular weight is 275 g/mol. The zero-order valence-electron chi connectivity index (χ0n) is 12.4. The first-order chi connectivity index (χ1) is 9.65. The van der Waals surface area contributed by atoms with Crippen molar-refractivity contribution in [2.75, 3.05) is 32.0 Å². The second kappa shape index (κ2) is 7.41. The van der Waals surface area contributed by atoms with Gasteiger partial charge in [0, 0.05) is 12.2 Å². The van der Waals surface area contributed by atoms with E-state index in [1.165, 1.54) is 19.4 Å². The van der Waals surface area contributed by atoms with E-state index in [1.807, 2.05) is 37.3 Å². The summed E-state index contributed by atoms with van der Waals surface area (Å²) in [5.41, 5.74) is 0.851. The number of carbonyl (C=O) groups is 1. The van der Waals surface area contributed by atoms with E-state index in [9.17, 15) is 4.79 Å². The number of nitrogens with one attached hydrogen (secondary N) is 2. The normalized spacial score (nSPS) is 21.4. The van der Waals surface area contributed by atoms with Crippen LogP contribution in [0.4, 0.5) is 5.69 Å². The van der Waals surface area contributed by atoms with Gasteiger partial charge in [-0.05, 0) is 58.0 Å². The van der Waals surface area contributed by atoms with E-state index in [0.29, 0.717) is 5.92 Å². The lowest BCUT2D eigenvalue weighted by atomic mass is 9.98. The molecule has 1 aliphatic rings. The van der Waals surface area contributed by atoms with Crippen LogP contribution in [0.3, 0.4) is 0 Å². The van der Waals surface area contributed by atoms with Gasteiger partial charge in [-0.25, -0.2) is 0 Å². The third-order valence-corrected chi connectivity index (χ3v) is 3.87. The summed E-state index contributed by atoms with van der Waals surface area (Å²) in [6.07, 6.45) is 2.51. The largest absolute Gasteiger partial charge is 0.325 e. The highest BCUT2D eigenvalue weighted by molar-refractivity contribution is 5.94. The van der Waals surface area contributed by atoms with E-state index in [0.717, 1.165) is 18.8 Å². The second-order valence-corrected chi connectivity index (χ2v) is 5.76. The molecule has 110 valence electrons. The maximum atomic E-state index is 12.1. The van der Waals surface area contributed by atoms with E-state index >= 15 is 0 Å². The van der Waals surface area contributed by atoms with Crippen LogP contribution in [0.15, 0.2) is 30.3 Å². The van der Waals surface area contributed by atoms with E-state index in [4.69, 9.17) is 0 Å². The number of para-hydroxylation sites is 1. The fourth-order valence-electron chi connectivity index (χ4n) is 2.65. The minimum Gasteiger partial charge on any atom is -0.325 e. The number of nitrogens with zero attached hydrogens (tertiary/aromatic N) is 1. The maximum absolute atomic E-state index is 12.1. The number of hydrogen-bond donors (Lipinski definition) is 2. The van der Waals surface area contributed by atoms with E-state index in [-0.39, 0.29) is 11.9 Å².